The number of rotatable bonds is 2. The molecule has 1 saturated carbocycles. The first-order valence-corrected chi connectivity index (χ1v) is 7.40. The van der Waals surface area contributed by atoms with E-state index in [1.807, 2.05) is 6.92 Å². The molecule has 4 atom stereocenters. The highest BCUT2D eigenvalue weighted by atomic mass is 16.4. The van der Waals surface area contributed by atoms with Crippen LogP contribution in [0.15, 0.2) is 0 Å². The van der Waals surface area contributed by atoms with Crippen molar-refractivity contribution >= 4 is 5.97 Å². The molecule has 0 spiro atoms. The van der Waals surface area contributed by atoms with E-state index in [1.54, 1.807) is 0 Å². The molecule has 104 valence electrons. The van der Waals surface area contributed by atoms with E-state index in [-0.39, 0.29) is 0 Å². The van der Waals surface area contributed by atoms with Gasteiger partial charge in [-0.3, -0.25) is 9.69 Å². The minimum atomic E-state index is -0.621. The van der Waals surface area contributed by atoms with Crippen LogP contribution in [0.25, 0.3) is 0 Å². The Morgan fingerprint density at radius 1 is 1.33 bits per heavy atom. The number of carboxylic acids is 1. The monoisotopic (exact) mass is 253 g/mol. The minimum Gasteiger partial charge on any atom is -0.481 e. The Kier molecular flexibility index (Phi) is 4.00. The highest BCUT2D eigenvalue weighted by molar-refractivity contribution is 5.74. The fourth-order valence-corrected chi connectivity index (χ4v) is 3.93. The van der Waals surface area contributed by atoms with Crippen LogP contribution in [0.3, 0.4) is 0 Å². The van der Waals surface area contributed by atoms with Gasteiger partial charge in [-0.2, -0.15) is 0 Å². The van der Waals surface area contributed by atoms with Crippen LogP contribution in [-0.2, 0) is 4.79 Å². The van der Waals surface area contributed by atoms with E-state index in [0.717, 1.165) is 31.8 Å². The normalized spacial score (nSPS) is 42.7. The second-order valence-electron chi connectivity index (χ2n) is 6.90. The van der Waals surface area contributed by atoms with E-state index in [0.29, 0.717) is 12.0 Å². The standard InChI is InChI=1S/C15H27NO2/c1-11-5-6-13(12(2)9-11)16-8-4-7-15(3,10-16)14(17)18/h11-13H,4-10H2,1-3H3,(H,17,18). The van der Waals surface area contributed by atoms with Crippen molar-refractivity contribution in [3.05, 3.63) is 0 Å². The second kappa shape index (κ2) is 5.20. The van der Waals surface area contributed by atoms with Gasteiger partial charge in [-0.1, -0.05) is 13.8 Å². The summed E-state index contributed by atoms with van der Waals surface area (Å²) in [5.74, 6) is 0.931. The van der Waals surface area contributed by atoms with Crippen molar-refractivity contribution in [2.45, 2.75) is 58.9 Å². The van der Waals surface area contributed by atoms with Crippen molar-refractivity contribution in [1.82, 2.24) is 4.90 Å². The van der Waals surface area contributed by atoms with Gasteiger partial charge in [0.05, 0.1) is 5.41 Å². The molecule has 1 saturated heterocycles. The Labute approximate surface area is 111 Å². The molecule has 2 rings (SSSR count). The van der Waals surface area contributed by atoms with Crippen molar-refractivity contribution in [3.63, 3.8) is 0 Å². The molecule has 1 heterocycles. The first-order chi connectivity index (χ1) is 8.42. The number of likely N-dealkylation sites (tertiary alicyclic amines) is 1. The summed E-state index contributed by atoms with van der Waals surface area (Å²) in [4.78, 5) is 13.9. The zero-order valence-corrected chi connectivity index (χ0v) is 12.0. The Balaban J connectivity index is 2.03. The molecule has 1 aliphatic carbocycles. The van der Waals surface area contributed by atoms with Crippen LogP contribution in [-0.4, -0.2) is 35.1 Å². The summed E-state index contributed by atoms with van der Waals surface area (Å²) >= 11 is 0. The topological polar surface area (TPSA) is 40.5 Å². The summed E-state index contributed by atoms with van der Waals surface area (Å²) in [6, 6.07) is 0.611. The fourth-order valence-electron chi connectivity index (χ4n) is 3.93. The van der Waals surface area contributed by atoms with Gasteiger partial charge in [0, 0.05) is 12.6 Å². The Bertz CT molecular complexity index is 318. The van der Waals surface area contributed by atoms with E-state index in [1.165, 1.54) is 19.3 Å². The number of hydrogen-bond donors (Lipinski definition) is 1. The van der Waals surface area contributed by atoms with Crippen LogP contribution < -0.4 is 0 Å². The zero-order valence-electron chi connectivity index (χ0n) is 12.0. The third kappa shape index (κ3) is 2.71. The van der Waals surface area contributed by atoms with Gasteiger partial charge in [0.1, 0.15) is 0 Å². The molecule has 0 aromatic carbocycles. The largest absolute Gasteiger partial charge is 0.481 e. The molecule has 0 bridgehead atoms. The number of nitrogens with zero attached hydrogens (tertiary/aromatic N) is 1. The maximum Gasteiger partial charge on any atom is 0.310 e. The lowest BCUT2D eigenvalue weighted by Crippen LogP contribution is -2.52. The molecule has 3 nitrogen and oxygen atoms in total. The van der Waals surface area contributed by atoms with E-state index in [2.05, 4.69) is 18.7 Å². The Hall–Kier alpha value is -0.570. The maximum atomic E-state index is 11.4. The van der Waals surface area contributed by atoms with Crippen molar-refractivity contribution < 1.29 is 9.90 Å². The summed E-state index contributed by atoms with van der Waals surface area (Å²) in [5.41, 5.74) is -0.527. The molecule has 0 radical (unpaired) electrons. The number of hydrogen-bond acceptors (Lipinski definition) is 2. The third-order valence-corrected chi connectivity index (χ3v) is 5.10. The molecular formula is C15H27NO2. The number of aliphatic carboxylic acids is 1. The molecule has 0 aromatic heterocycles. The fraction of sp³-hybridized carbons (Fsp3) is 0.933. The van der Waals surface area contributed by atoms with E-state index in [9.17, 15) is 9.90 Å². The van der Waals surface area contributed by atoms with Crippen LogP contribution in [0.2, 0.25) is 0 Å². The van der Waals surface area contributed by atoms with Gasteiger partial charge in [0.25, 0.3) is 0 Å². The lowest BCUT2D eigenvalue weighted by Gasteiger charge is -2.46. The maximum absolute atomic E-state index is 11.4. The zero-order chi connectivity index (χ0) is 13.3. The molecule has 4 unspecified atom stereocenters. The Morgan fingerprint density at radius 3 is 2.67 bits per heavy atom. The first kappa shape index (κ1) is 13.9. The van der Waals surface area contributed by atoms with Gasteiger partial charge in [-0.15, -0.1) is 0 Å². The number of piperidine rings is 1. The molecule has 3 heteroatoms. The number of carbonyl (C=O) groups is 1. The van der Waals surface area contributed by atoms with Crippen molar-refractivity contribution in [3.8, 4) is 0 Å². The molecule has 18 heavy (non-hydrogen) atoms. The highest BCUT2D eigenvalue weighted by Crippen LogP contribution is 2.37. The van der Waals surface area contributed by atoms with Gasteiger partial charge < -0.3 is 5.11 Å². The van der Waals surface area contributed by atoms with Gasteiger partial charge in [0.15, 0.2) is 0 Å². The lowest BCUT2D eigenvalue weighted by molar-refractivity contribution is -0.152. The van der Waals surface area contributed by atoms with Crippen LogP contribution in [0, 0.1) is 17.3 Å². The predicted octanol–water partition coefficient (Wildman–Crippen LogP) is 3.00. The molecular weight excluding hydrogens is 226 g/mol. The predicted molar refractivity (Wildman–Crippen MR) is 72.5 cm³/mol. The van der Waals surface area contributed by atoms with E-state index < -0.39 is 11.4 Å². The highest BCUT2D eigenvalue weighted by Gasteiger charge is 2.41. The quantitative estimate of drug-likeness (QED) is 0.822. The van der Waals surface area contributed by atoms with Crippen molar-refractivity contribution in [1.29, 1.82) is 0 Å². The molecule has 0 aromatic rings. The van der Waals surface area contributed by atoms with E-state index in [4.69, 9.17) is 0 Å². The smallest absolute Gasteiger partial charge is 0.310 e. The van der Waals surface area contributed by atoms with Crippen molar-refractivity contribution in [2.75, 3.05) is 13.1 Å². The average Bonchev–Trinajstić information content (AvgIpc) is 2.28. The molecule has 1 N–H and O–H groups in total. The number of carboxylic acid groups (broad SMARTS) is 1. The Morgan fingerprint density at radius 2 is 2.06 bits per heavy atom. The van der Waals surface area contributed by atoms with Crippen LogP contribution >= 0.6 is 0 Å². The van der Waals surface area contributed by atoms with Gasteiger partial charge in [-0.05, 0) is 57.4 Å². The molecule has 0 amide bonds. The molecule has 2 aliphatic rings. The van der Waals surface area contributed by atoms with Crippen LogP contribution in [0.1, 0.15) is 52.9 Å². The van der Waals surface area contributed by atoms with Gasteiger partial charge in [0.2, 0.25) is 0 Å². The minimum absolute atomic E-state index is 0.527. The van der Waals surface area contributed by atoms with Gasteiger partial charge in [-0.25, -0.2) is 0 Å². The first-order valence-electron chi connectivity index (χ1n) is 7.40. The lowest BCUT2D eigenvalue weighted by atomic mass is 9.76. The summed E-state index contributed by atoms with van der Waals surface area (Å²) < 4.78 is 0. The second-order valence-corrected chi connectivity index (χ2v) is 6.90. The van der Waals surface area contributed by atoms with Crippen LogP contribution in [0.4, 0.5) is 0 Å². The molecule has 2 fully saturated rings. The summed E-state index contributed by atoms with van der Waals surface area (Å²) in [6.07, 6.45) is 5.70. The summed E-state index contributed by atoms with van der Waals surface area (Å²) in [5, 5.41) is 9.39. The van der Waals surface area contributed by atoms with Crippen molar-refractivity contribution in [2.24, 2.45) is 17.3 Å². The SMILES string of the molecule is CC1CCC(N2CCCC(C)(C(=O)O)C2)C(C)C1. The van der Waals surface area contributed by atoms with Gasteiger partial charge >= 0.3 is 5.97 Å². The van der Waals surface area contributed by atoms with E-state index >= 15 is 0 Å². The summed E-state index contributed by atoms with van der Waals surface area (Å²) in [6.45, 7) is 8.42. The summed E-state index contributed by atoms with van der Waals surface area (Å²) in [7, 11) is 0. The molecule has 1 aliphatic heterocycles. The third-order valence-electron chi connectivity index (χ3n) is 5.10. The average molecular weight is 253 g/mol. The van der Waals surface area contributed by atoms with Crippen LogP contribution in [0.5, 0.6) is 0 Å².